The number of ether oxygens (including phenoxy) is 1. The summed E-state index contributed by atoms with van der Waals surface area (Å²) in [7, 11) is 1.65. The number of hydrogen-bond donors (Lipinski definition) is 1. The highest BCUT2D eigenvalue weighted by atomic mass is 16.5. The van der Waals surface area contributed by atoms with Crippen molar-refractivity contribution in [2.24, 2.45) is 0 Å². The molecule has 0 bridgehead atoms. The first-order valence-corrected chi connectivity index (χ1v) is 6.60. The van der Waals surface area contributed by atoms with E-state index in [1.807, 2.05) is 36.4 Å². The first-order valence-electron chi connectivity index (χ1n) is 6.60. The molecular weight excluding hydrogens is 254 g/mol. The van der Waals surface area contributed by atoms with Gasteiger partial charge in [-0.05, 0) is 31.2 Å². The SMILES string of the molecule is COc1cccc2cc(CNC(C)c3ccco3)oc12. The van der Waals surface area contributed by atoms with Gasteiger partial charge in [0.2, 0.25) is 0 Å². The molecule has 0 radical (unpaired) electrons. The lowest BCUT2D eigenvalue weighted by atomic mass is 10.2. The zero-order valence-electron chi connectivity index (χ0n) is 11.6. The van der Waals surface area contributed by atoms with E-state index in [4.69, 9.17) is 13.6 Å². The summed E-state index contributed by atoms with van der Waals surface area (Å²) in [6.07, 6.45) is 1.68. The van der Waals surface area contributed by atoms with E-state index >= 15 is 0 Å². The van der Waals surface area contributed by atoms with Crippen LogP contribution in [0.15, 0.2) is 51.5 Å². The molecule has 0 spiro atoms. The van der Waals surface area contributed by atoms with E-state index in [-0.39, 0.29) is 6.04 Å². The fourth-order valence-electron chi connectivity index (χ4n) is 2.23. The van der Waals surface area contributed by atoms with Crippen molar-refractivity contribution in [3.63, 3.8) is 0 Å². The minimum atomic E-state index is 0.139. The number of rotatable bonds is 5. The van der Waals surface area contributed by atoms with Gasteiger partial charge in [-0.25, -0.2) is 0 Å². The second-order valence-corrected chi connectivity index (χ2v) is 4.71. The maximum atomic E-state index is 5.84. The number of fused-ring (bicyclic) bond motifs is 1. The van der Waals surface area contributed by atoms with Crippen molar-refractivity contribution >= 4 is 11.0 Å². The largest absolute Gasteiger partial charge is 0.493 e. The first-order chi connectivity index (χ1) is 9.78. The third kappa shape index (κ3) is 2.42. The molecule has 3 aromatic rings. The Labute approximate surface area is 117 Å². The smallest absolute Gasteiger partial charge is 0.176 e. The highest BCUT2D eigenvalue weighted by Gasteiger charge is 2.11. The van der Waals surface area contributed by atoms with Gasteiger partial charge >= 0.3 is 0 Å². The predicted octanol–water partition coefficient (Wildman–Crippen LogP) is 3.89. The molecule has 2 heterocycles. The number of para-hydroxylation sites is 1. The molecule has 4 nitrogen and oxygen atoms in total. The van der Waals surface area contributed by atoms with Gasteiger partial charge in [-0.1, -0.05) is 12.1 Å². The minimum Gasteiger partial charge on any atom is -0.493 e. The summed E-state index contributed by atoms with van der Waals surface area (Å²) in [6.45, 7) is 2.70. The summed E-state index contributed by atoms with van der Waals surface area (Å²) in [5.74, 6) is 2.55. The van der Waals surface area contributed by atoms with Crippen LogP contribution in [0.5, 0.6) is 5.75 Å². The summed E-state index contributed by atoms with van der Waals surface area (Å²) in [6, 6.07) is 11.9. The van der Waals surface area contributed by atoms with E-state index in [1.54, 1.807) is 13.4 Å². The average Bonchev–Trinajstić information content (AvgIpc) is 3.12. The first kappa shape index (κ1) is 12.8. The van der Waals surface area contributed by atoms with Crippen LogP contribution in [-0.4, -0.2) is 7.11 Å². The topological polar surface area (TPSA) is 47.5 Å². The van der Waals surface area contributed by atoms with E-state index in [0.29, 0.717) is 6.54 Å². The Hall–Kier alpha value is -2.20. The zero-order valence-corrected chi connectivity index (χ0v) is 11.6. The van der Waals surface area contributed by atoms with Crippen LogP contribution in [0.4, 0.5) is 0 Å². The number of furan rings is 2. The molecule has 0 amide bonds. The van der Waals surface area contributed by atoms with Crippen molar-refractivity contribution < 1.29 is 13.6 Å². The number of methoxy groups -OCH3 is 1. The molecule has 4 heteroatoms. The van der Waals surface area contributed by atoms with Crippen LogP contribution in [0.2, 0.25) is 0 Å². The molecule has 1 aromatic carbocycles. The fourth-order valence-corrected chi connectivity index (χ4v) is 2.23. The predicted molar refractivity (Wildman–Crippen MR) is 76.7 cm³/mol. The van der Waals surface area contributed by atoms with Crippen LogP contribution >= 0.6 is 0 Å². The molecule has 1 atom stereocenters. The van der Waals surface area contributed by atoms with Crippen molar-refractivity contribution in [3.8, 4) is 5.75 Å². The van der Waals surface area contributed by atoms with E-state index in [2.05, 4.69) is 12.2 Å². The van der Waals surface area contributed by atoms with Crippen molar-refractivity contribution in [1.29, 1.82) is 0 Å². The highest BCUT2D eigenvalue weighted by Crippen LogP contribution is 2.28. The molecule has 0 aliphatic rings. The van der Waals surface area contributed by atoms with E-state index < -0.39 is 0 Å². The Morgan fingerprint density at radius 3 is 2.90 bits per heavy atom. The Morgan fingerprint density at radius 2 is 2.15 bits per heavy atom. The molecule has 0 fully saturated rings. The molecule has 104 valence electrons. The summed E-state index contributed by atoms with van der Waals surface area (Å²) in [4.78, 5) is 0. The molecule has 0 aliphatic carbocycles. The van der Waals surface area contributed by atoms with Crippen molar-refractivity contribution in [2.45, 2.75) is 19.5 Å². The quantitative estimate of drug-likeness (QED) is 0.765. The summed E-state index contributed by atoms with van der Waals surface area (Å²) < 4.78 is 16.5. The maximum Gasteiger partial charge on any atom is 0.176 e. The Bertz CT molecular complexity index is 685. The molecule has 2 aromatic heterocycles. The van der Waals surface area contributed by atoms with Gasteiger partial charge in [0.25, 0.3) is 0 Å². The maximum absolute atomic E-state index is 5.84. The van der Waals surface area contributed by atoms with Crippen LogP contribution in [0, 0.1) is 0 Å². The molecule has 1 unspecified atom stereocenters. The Kier molecular flexibility index (Phi) is 3.48. The standard InChI is InChI=1S/C16H17NO3/c1-11(14-7-4-8-19-14)17-10-13-9-12-5-3-6-15(18-2)16(12)20-13/h3-9,11,17H,10H2,1-2H3. The zero-order chi connectivity index (χ0) is 13.9. The monoisotopic (exact) mass is 271 g/mol. The van der Waals surface area contributed by atoms with Crippen LogP contribution in [0.1, 0.15) is 24.5 Å². The number of hydrogen-bond acceptors (Lipinski definition) is 4. The third-order valence-corrected chi connectivity index (χ3v) is 3.33. The van der Waals surface area contributed by atoms with Gasteiger partial charge in [0.15, 0.2) is 11.3 Å². The number of benzene rings is 1. The lowest BCUT2D eigenvalue weighted by Gasteiger charge is -2.09. The Balaban J connectivity index is 1.75. The van der Waals surface area contributed by atoms with E-state index in [9.17, 15) is 0 Å². The highest BCUT2D eigenvalue weighted by molar-refractivity contribution is 5.83. The lowest BCUT2D eigenvalue weighted by Crippen LogP contribution is -2.17. The molecule has 3 rings (SSSR count). The van der Waals surface area contributed by atoms with Crippen LogP contribution in [-0.2, 0) is 6.54 Å². The second-order valence-electron chi connectivity index (χ2n) is 4.71. The van der Waals surface area contributed by atoms with Gasteiger partial charge in [-0.3, -0.25) is 0 Å². The normalized spacial score (nSPS) is 12.7. The summed E-state index contributed by atoms with van der Waals surface area (Å²) in [5, 5.41) is 4.42. The van der Waals surface area contributed by atoms with Gasteiger partial charge in [-0.15, -0.1) is 0 Å². The van der Waals surface area contributed by atoms with Crippen molar-refractivity contribution in [1.82, 2.24) is 5.32 Å². The average molecular weight is 271 g/mol. The lowest BCUT2D eigenvalue weighted by molar-refractivity contribution is 0.397. The summed E-state index contributed by atoms with van der Waals surface area (Å²) in [5.41, 5.74) is 0.789. The third-order valence-electron chi connectivity index (χ3n) is 3.33. The van der Waals surface area contributed by atoms with Gasteiger partial charge in [0.05, 0.1) is 26.0 Å². The molecule has 0 saturated heterocycles. The van der Waals surface area contributed by atoms with E-state index in [0.717, 1.165) is 28.2 Å². The molecule has 20 heavy (non-hydrogen) atoms. The molecule has 1 N–H and O–H groups in total. The fraction of sp³-hybridized carbons (Fsp3) is 0.250. The molecular formula is C16H17NO3. The van der Waals surface area contributed by atoms with Crippen LogP contribution < -0.4 is 10.1 Å². The van der Waals surface area contributed by atoms with Crippen LogP contribution in [0.25, 0.3) is 11.0 Å². The minimum absolute atomic E-state index is 0.139. The van der Waals surface area contributed by atoms with Gasteiger partial charge in [0, 0.05) is 5.39 Å². The van der Waals surface area contributed by atoms with E-state index in [1.165, 1.54) is 0 Å². The van der Waals surface area contributed by atoms with Crippen molar-refractivity contribution in [2.75, 3.05) is 7.11 Å². The summed E-state index contributed by atoms with van der Waals surface area (Å²) >= 11 is 0. The Morgan fingerprint density at radius 1 is 1.25 bits per heavy atom. The van der Waals surface area contributed by atoms with Crippen LogP contribution in [0.3, 0.4) is 0 Å². The second kappa shape index (κ2) is 5.43. The molecule has 0 saturated carbocycles. The number of nitrogens with one attached hydrogen (secondary N) is 1. The van der Waals surface area contributed by atoms with Gasteiger partial charge < -0.3 is 18.9 Å². The van der Waals surface area contributed by atoms with Gasteiger partial charge in [-0.2, -0.15) is 0 Å². The van der Waals surface area contributed by atoms with Gasteiger partial charge in [0.1, 0.15) is 11.5 Å². The molecule has 0 aliphatic heterocycles. The van der Waals surface area contributed by atoms with Crippen molar-refractivity contribution in [3.05, 3.63) is 54.2 Å².